The lowest BCUT2D eigenvalue weighted by Crippen LogP contribution is -2.56. The molecule has 3 aromatic rings. The molecule has 1 aromatic heterocycles. The molecule has 1 saturated heterocycles. The number of nitrogens with zero attached hydrogens (tertiary/aromatic N) is 1. The molecule has 6 heteroatoms. The van der Waals surface area contributed by atoms with Crippen LogP contribution in [0.3, 0.4) is 0 Å². The number of amides is 1. The van der Waals surface area contributed by atoms with E-state index in [2.05, 4.69) is 0 Å². The van der Waals surface area contributed by atoms with Crippen LogP contribution in [-0.2, 0) is 0 Å². The van der Waals surface area contributed by atoms with E-state index < -0.39 is 5.63 Å². The van der Waals surface area contributed by atoms with E-state index in [4.69, 9.17) is 13.9 Å². The molecule has 1 aliphatic heterocycles. The molecule has 0 bridgehead atoms. The molecular formula is C23H21NO5. The maximum Gasteiger partial charge on any atom is 0.339 e. The van der Waals surface area contributed by atoms with Crippen LogP contribution in [0.2, 0.25) is 0 Å². The molecule has 0 radical (unpaired) electrons. The highest BCUT2D eigenvalue weighted by molar-refractivity contribution is 5.95. The summed E-state index contributed by atoms with van der Waals surface area (Å²) in [6, 6.07) is 18.3. The summed E-state index contributed by atoms with van der Waals surface area (Å²) in [6.45, 7) is 2.66. The van der Waals surface area contributed by atoms with Crippen molar-refractivity contribution < 1.29 is 18.7 Å². The van der Waals surface area contributed by atoms with Gasteiger partial charge in [-0.05, 0) is 42.3 Å². The Balaban J connectivity index is 1.37. The van der Waals surface area contributed by atoms with Crippen LogP contribution in [0.5, 0.6) is 11.5 Å². The molecule has 4 rings (SSSR count). The van der Waals surface area contributed by atoms with Crippen molar-refractivity contribution in [3.05, 3.63) is 82.4 Å². The highest BCUT2D eigenvalue weighted by Gasteiger charge is 2.33. The fourth-order valence-corrected chi connectivity index (χ4v) is 3.31. The molecule has 2 heterocycles. The topological polar surface area (TPSA) is 69.0 Å². The first-order chi connectivity index (χ1) is 14.0. The minimum Gasteiger partial charge on any atom is -0.497 e. The quantitative estimate of drug-likeness (QED) is 0.666. The Bertz CT molecular complexity index is 1080. The summed E-state index contributed by atoms with van der Waals surface area (Å²) in [4.78, 5) is 25.8. The number of methoxy groups -OCH3 is 1. The molecule has 6 nitrogen and oxygen atoms in total. The maximum atomic E-state index is 12.7. The molecule has 0 spiro atoms. The van der Waals surface area contributed by atoms with E-state index in [0.717, 1.165) is 16.9 Å². The lowest BCUT2D eigenvalue weighted by Gasteiger charge is -2.39. The summed E-state index contributed by atoms with van der Waals surface area (Å²) in [5.41, 5.74) is 2.24. The second-order valence-corrected chi connectivity index (χ2v) is 6.98. The molecule has 2 aromatic carbocycles. The fraction of sp³-hybridized carbons (Fsp3) is 0.217. The summed E-state index contributed by atoms with van der Waals surface area (Å²) >= 11 is 0. The van der Waals surface area contributed by atoms with Crippen LogP contribution in [0.25, 0.3) is 11.1 Å². The first-order valence-corrected chi connectivity index (χ1v) is 9.34. The number of carbonyl (C=O) groups is 1. The number of likely N-dealkylation sites (tertiary alicyclic amines) is 1. The van der Waals surface area contributed by atoms with Gasteiger partial charge in [0.05, 0.1) is 26.3 Å². The molecule has 29 heavy (non-hydrogen) atoms. The van der Waals surface area contributed by atoms with E-state index in [0.29, 0.717) is 30.2 Å². The molecule has 0 aliphatic carbocycles. The van der Waals surface area contributed by atoms with Gasteiger partial charge in [-0.15, -0.1) is 0 Å². The Labute approximate surface area is 168 Å². The molecule has 1 amide bonds. The van der Waals surface area contributed by atoms with Crippen molar-refractivity contribution in [2.45, 2.75) is 13.0 Å². The molecule has 148 valence electrons. The van der Waals surface area contributed by atoms with Gasteiger partial charge in [0.25, 0.3) is 5.91 Å². The van der Waals surface area contributed by atoms with Crippen molar-refractivity contribution in [3.63, 3.8) is 0 Å². The Kier molecular flexibility index (Phi) is 5.08. The van der Waals surface area contributed by atoms with Crippen molar-refractivity contribution in [1.29, 1.82) is 0 Å². The molecule has 0 saturated carbocycles. The third-order valence-electron chi connectivity index (χ3n) is 4.84. The summed E-state index contributed by atoms with van der Waals surface area (Å²) in [6.07, 6.45) is -0.129. The molecule has 0 unspecified atom stereocenters. The lowest BCUT2D eigenvalue weighted by molar-refractivity contribution is 0.0175. The van der Waals surface area contributed by atoms with Gasteiger partial charge < -0.3 is 18.8 Å². The minimum atomic E-state index is -0.441. The number of aryl methyl sites for hydroxylation is 1. The van der Waals surface area contributed by atoms with Crippen LogP contribution in [0.4, 0.5) is 0 Å². The average molecular weight is 391 g/mol. The zero-order chi connectivity index (χ0) is 20.4. The monoisotopic (exact) mass is 391 g/mol. The zero-order valence-corrected chi connectivity index (χ0v) is 16.3. The highest BCUT2D eigenvalue weighted by atomic mass is 16.5. The van der Waals surface area contributed by atoms with Gasteiger partial charge in [0.15, 0.2) is 0 Å². The van der Waals surface area contributed by atoms with Crippen molar-refractivity contribution >= 4 is 5.91 Å². The second kappa shape index (κ2) is 7.83. The molecular weight excluding hydrogens is 370 g/mol. The van der Waals surface area contributed by atoms with Crippen molar-refractivity contribution in [2.24, 2.45) is 0 Å². The zero-order valence-electron chi connectivity index (χ0n) is 16.3. The molecule has 1 fully saturated rings. The first kappa shape index (κ1) is 18.8. The van der Waals surface area contributed by atoms with Crippen LogP contribution in [-0.4, -0.2) is 37.1 Å². The Hall–Kier alpha value is -3.54. The number of ether oxygens (including phenoxy) is 2. The van der Waals surface area contributed by atoms with E-state index in [9.17, 15) is 9.59 Å². The minimum absolute atomic E-state index is 0.0363. The summed E-state index contributed by atoms with van der Waals surface area (Å²) in [7, 11) is 1.64. The van der Waals surface area contributed by atoms with E-state index in [1.807, 2.05) is 48.5 Å². The SMILES string of the molecule is COc1cccc(-c2ccc(C(=O)N3CC(Oc4cc(C)oc(=O)c4)C3)cc2)c1. The average Bonchev–Trinajstić information content (AvgIpc) is 2.69. The number of hydrogen-bond donors (Lipinski definition) is 0. The van der Waals surface area contributed by atoms with Crippen LogP contribution in [0.1, 0.15) is 16.1 Å². The van der Waals surface area contributed by atoms with Gasteiger partial charge >= 0.3 is 5.63 Å². The maximum absolute atomic E-state index is 12.7. The Morgan fingerprint density at radius 1 is 1.00 bits per heavy atom. The van der Waals surface area contributed by atoms with E-state index in [-0.39, 0.29) is 12.0 Å². The highest BCUT2D eigenvalue weighted by Crippen LogP contribution is 2.25. The third-order valence-corrected chi connectivity index (χ3v) is 4.84. The van der Waals surface area contributed by atoms with E-state index in [1.54, 1.807) is 25.0 Å². The van der Waals surface area contributed by atoms with Crippen molar-refractivity contribution in [2.75, 3.05) is 20.2 Å². The molecule has 0 N–H and O–H groups in total. The van der Waals surface area contributed by atoms with Gasteiger partial charge in [-0.3, -0.25) is 4.79 Å². The Morgan fingerprint density at radius 3 is 2.45 bits per heavy atom. The van der Waals surface area contributed by atoms with Gasteiger partial charge in [0, 0.05) is 11.6 Å². The third kappa shape index (κ3) is 4.16. The number of carbonyl (C=O) groups excluding carboxylic acids is 1. The van der Waals surface area contributed by atoms with E-state index >= 15 is 0 Å². The fourth-order valence-electron chi connectivity index (χ4n) is 3.31. The van der Waals surface area contributed by atoms with Gasteiger partial charge in [0.1, 0.15) is 23.4 Å². The number of rotatable bonds is 5. The molecule has 1 aliphatic rings. The van der Waals surface area contributed by atoms with E-state index in [1.165, 1.54) is 6.07 Å². The predicted molar refractivity (Wildman–Crippen MR) is 108 cm³/mol. The van der Waals surface area contributed by atoms with Crippen LogP contribution in [0.15, 0.2) is 69.9 Å². The first-order valence-electron chi connectivity index (χ1n) is 9.34. The predicted octanol–water partition coefficient (Wildman–Crippen LogP) is 3.53. The van der Waals surface area contributed by atoms with Gasteiger partial charge in [-0.25, -0.2) is 4.79 Å². The van der Waals surface area contributed by atoms with Crippen LogP contribution < -0.4 is 15.1 Å². The Morgan fingerprint density at radius 2 is 1.76 bits per heavy atom. The van der Waals surface area contributed by atoms with Gasteiger partial charge in [0.2, 0.25) is 0 Å². The normalized spacial score (nSPS) is 13.7. The second-order valence-electron chi connectivity index (χ2n) is 6.98. The number of benzene rings is 2. The smallest absolute Gasteiger partial charge is 0.339 e. The van der Waals surface area contributed by atoms with Crippen molar-refractivity contribution in [1.82, 2.24) is 4.90 Å². The number of hydrogen-bond acceptors (Lipinski definition) is 5. The van der Waals surface area contributed by atoms with Crippen molar-refractivity contribution in [3.8, 4) is 22.6 Å². The van der Waals surface area contributed by atoms with Gasteiger partial charge in [-0.1, -0.05) is 24.3 Å². The lowest BCUT2D eigenvalue weighted by atomic mass is 10.0. The standard InChI is InChI=1S/C23H21NO5/c1-15-10-20(12-22(25)28-15)29-21-13-24(14-21)23(26)17-8-6-16(7-9-17)18-4-3-5-19(11-18)27-2/h3-12,21H,13-14H2,1-2H3. The van der Waals surface area contributed by atoms with Crippen LogP contribution >= 0.6 is 0 Å². The summed E-state index contributed by atoms with van der Waals surface area (Å²) in [5, 5.41) is 0. The largest absolute Gasteiger partial charge is 0.497 e. The van der Waals surface area contributed by atoms with Crippen LogP contribution in [0, 0.1) is 6.92 Å². The molecule has 0 atom stereocenters. The summed E-state index contributed by atoms with van der Waals surface area (Å²) < 4.78 is 15.9. The summed E-state index contributed by atoms with van der Waals surface area (Å²) in [5.74, 6) is 1.72. The van der Waals surface area contributed by atoms with Gasteiger partial charge in [-0.2, -0.15) is 0 Å².